The smallest absolute Gasteiger partial charge is 0.412 e. The van der Waals surface area contributed by atoms with E-state index in [0.717, 1.165) is 5.56 Å². The van der Waals surface area contributed by atoms with Gasteiger partial charge in [0.25, 0.3) is 0 Å². The summed E-state index contributed by atoms with van der Waals surface area (Å²) in [6.45, 7) is 6.44. The fourth-order valence-electron chi connectivity index (χ4n) is 2.64. The Morgan fingerprint density at radius 3 is 2.57 bits per heavy atom. The first-order valence-electron chi connectivity index (χ1n) is 9.34. The summed E-state index contributed by atoms with van der Waals surface area (Å²) in [6, 6.07) is 14.9. The minimum Gasteiger partial charge on any atom is -0.444 e. The van der Waals surface area contributed by atoms with E-state index >= 15 is 0 Å². The van der Waals surface area contributed by atoms with Gasteiger partial charge in [0.05, 0.1) is 12.7 Å². The number of amides is 1. The molecule has 2 aromatic rings. The molecule has 0 spiro atoms. The molecule has 2 rings (SSSR count). The van der Waals surface area contributed by atoms with Crippen LogP contribution in [0.5, 0.6) is 0 Å². The topological polar surface area (TPSA) is 67.8 Å². The lowest BCUT2D eigenvalue weighted by atomic mass is 10.0. The number of hydrogen-bond donors (Lipinski definition) is 2. The van der Waals surface area contributed by atoms with Crippen molar-refractivity contribution in [3.05, 3.63) is 64.7 Å². The van der Waals surface area contributed by atoms with Gasteiger partial charge in [0.1, 0.15) is 5.60 Å². The van der Waals surface area contributed by atoms with Gasteiger partial charge in [-0.05, 0) is 57.4 Å². The molecule has 0 fully saturated rings. The lowest BCUT2D eigenvalue weighted by Crippen LogP contribution is -2.27. The third-order valence-corrected chi connectivity index (χ3v) is 4.12. The van der Waals surface area contributed by atoms with E-state index in [1.165, 1.54) is 0 Å². The van der Waals surface area contributed by atoms with Gasteiger partial charge in [-0.15, -0.1) is 0 Å². The number of halogens is 1. The quantitative estimate of drug-likeness (QED) is 0.551. The van der Waals surface area contributed by atoms with Crippen LogP contribution in [0.15, 0.2) is 48.5 Å². The van der Waals surface area contributed by atoms with E-state index < -0.39 is 17.8 Å². The van der Waals surface area contributed by atoms with Crippen molar-refractivity contribution in [3.8, 4) is 0 Å². The molecule has 28 heavy (non-hydrogen) atoms. The van der Waals surface area contributed by atoms with Crippen molar-refractivity contribution in [2.45, 2.75) is 51.9 Å². The van der Waals surface area contributed by atoms with Crippen LogP contribution in [0.2, 0.25) is 5.02 Å². The van der Waals surface area contributed by atoms with Crippen molar-refractivity contribution in [3.63, 3.8) is 0 Å². The van der Waals surface area contributed by atoms with Crippen molar-refractivity contribution in [2.24, 2.45) is 0 Å². The van der Waals surface area contributed by atoms with Crippen LogP contribution in [-0.4, -0.2) is 23.4 Å². The zero-order chi connectivity index (χ0) is 20.6. The second kappa shape index (κ2) is 10.5. The first-order valence-corrected chi connectivity index (χ1v) is 9.71. The Labute approximate surface area is 171 Å². The van der Waals surface area contributed by atoms with Gasteiger partial charge in [-0.2, -0.15) is 0 Å². The molecule has 0 aliphatic rings. The largest absolute Gasteiger partial charge is 0.444 e. The van der Waals surface area contributed by atoms with E-state index in [2.05, 4.69) is 5.32 Å². The van der Waals surface area contributed by atoms with Gasteiger partial charge in [-0.1, -0.05) is 41.9 Å². The van der Waals surface area contributed by atoms with Gasteiger partial charge in [0.2, 0.25) is 0 Å². The fourth-order valence-corrected chi connectivity index (χ4v) is 2.82. The van der Waals surface area contributed by atoms with Crippen LogP contribution in [0.4, 0.5) is 10.5 Å². The molecule has 0 aliphatic carbocycles. The summed E-state index contributed by atoms with van der Waals surface area (Å²) in [6.07, 6.45) is -0.191. The Bertz CT molecular complexity index is 759. The number of rotatable bonds is 8. The van der Waals surface area contributed by atoms with Crippen LogP contribution in [-0.2, 0) is 16.1 Å². The molecule has 1 atom stereocenters. The van der Waals surface area contributed by atoms with Crippen molar-refractivity contribution >= 4 is 23.4 Å². The van der Waals surface area contributed by atoms with Crippen molar-refractivity contribution in [1.29, 1.82) is 0 Å². The summed E-state index contributed by atoms with van der Waals surface area (Å²) < 4.78 is 10.9. The van der Waals surface area contributed by atoms with Crippen molar-refractivity contribution in [1.82, 2.24) is 0 Å². The minimum atomic E-state index is -0.774. The molecule has 0 bridgehead atoms. The Morgan fingerprint density at radius 2 is 1.89 bits per heavy atom. The maximum atomic E-state index is 12.1. The summed E-state index contributed by atoms with van der Waals surface area (Å²) >= 11 is 6.08. The van der Waals surface area contributed by atoms with Gasteiger partial charge in [-0.3, -0.25) is 5.32 Å². The normalized spacial score (nSPS) is 12.5. The van der Waals surface area contributed by atoms with Gasteiger partial charge in [0.15, 0.2) is 0 Å². The van der Waals surface area contributed by atoms with Gasteiger partial charge in [0, 0.05) is 22.9 Å². The molecule has 2 N–H and O–H groups in total. The van der Waals surface area contributed by atoms with E-state index in [1.807, 2.05) is 30.3 Å². The van der Waals surface area contributed by atoms with E-state index in [0.29, 0.717) is 42.3 Å². The van der Waals surface area contributed by atoms with Gasteiger partial charge in [-0.25, -0.2) is 4.79 Å². The first kappa shape index (κ1) is 22.2. The van der Waals surface area contributed by atoms with E-state index in [9.17, 15) is 9.90 Å². The van der Waals surface area contributed by atoms with E-state index in [1.54, 1.807) is 39.0 Å². The molecule has 6 heteroatoms. The van der Waals surface area contributed by atoms with E-state index in [-0.39, 0.29) is 0 Å². The lowest BCUT2D eigenvalue weighted by molar-refractivity contribution is 0.0635. The molecule has 0 aromatic heterocycles. The molecular formula is C22H28ClNO4. The highest BCUT2D eigenvalue weighted by Gasteiger charge is 2.19. The second-order valence-corrected chi connectivity index (χ2v) is 7.99. The van der Waals surface area contributed by atoms with Crippen LogP contribution in [0.1, 0.15) is 50.8 Å². The molecule has 1 unspecified atom stereocenters. The highest BCUT2D eigenvalue weighted by atomic mass is 35.5. The molecule has 0 saturated heterocycles. The van der Waals surface area contributed by atoms with Crippen molar-refractivity contribution in [2.75, 3.05) is 11.9 Å². The third kappa shape index (κ3) is 7.89. The maximum absolute atomic E-state index is 12.1. The molecule has 0 heterocycles. The molecule has 0 saturated carbocycles. The first-order chi connectivity index (χ1) is 13.2. The third-order valence-electron chi connectivity index (χ3n) is 3.89. The predicted octanol–water partition coefficient (Wildman–Crippen LogP) is 5.72. The molecule has 1 amide bonds. The summed E-state index contributed by atoms with van der Waals surface area (Å²) in [5, 5.41) is 13.8. The number of hydrogen-bond acceptors (Lipinski definition) is 4. The fraction of sp³-hybridized carbons (Fsp3) is 0.409. The Balaban J connectivity index is 1.88. The molecule has 5 nitrogen and oxygen atoms in total. The molecule has 152 valence electrons. The monoisotopic (exact) mass is 405 g/mol. The summed E-state index contributed by atoms with van der Waals surface area (Å²) in [5.74, 6) is 0. The molecular weight excluding hydrogens is 378 g/mol. The van der Waals surface area contributed by atoms with Crippen LogP contribution in [0.25, 0.3) is 0 Å². The average molecular weight is 406 g/mol. The number of ether oxygens (including phenoxy) is 2. The number of carbonyl (C=O) groups excluding carboxylic acids is 1. The number of anilines is 1. The summed E-state index contributed by atoms with van der Waals surface area (Å²) in [4.78, 5) is 12.1. The maximum Gasteiger partial charge on any atom is 0.412 e. The zero-order valence-electron chi connectivity index (χ0n) is 16.6. The van der Waals surface area contributed by atoms with Crippen molar-refractivity contribution < 1.29 is 19.4 Å². The number of nitrogens with one attached hydrogen (secondary N) is 1. The van der Waals surface area contributed by atoms with E-state index in [4.69, 9.17) is 21.1 Å². The van der Waals surface area contributed by atoms with Gasteiger partial charge >= 0.3 is 6.09 Å². The number of aliphatic hydroxyl groups excluding tert-OH is 1. The van der Waals surface area contributed by atoms with Crippen LogP contribution < -0.4 is 5.32 Å². The Morgan fingerprint density at radius 1 is 1.18 bits per heavy atom. The van der Waals surface area contributed by atoms with Crippen LogP contribution >= 0.6 is 11.6 Å². The van der Waals surface area contributed by atoms with Crippen LogP contribution in [0, 0.1) is 0 Å². The minimum absolute atomic E-state index is 0.483. The van der Waals surface area contributed by atoms with Crippen LogP contribution in [0.3, 0.4) is 0 Å². The Kier molecular flexibility index (Phi) is 8.30. The average Bonchev–Trinajstić information content (AvgIpc) is 2.62. The Hall–Kier alpha value is -2.08. The second-order valence-electron chi connectivity index (χ2n) is 7.55. The number of aliphatic hydroxyl groups is 1. The number of carbonyl (C=O) groups is 1. The zero-order valence-corrected chi connectivity index (χ0v) is 17.3. The predicted molar refractivity (Wildman–Crippen MR) is 112 cm³/mol. The van der Waals surface area contributed by atoms with Gasteiger partial charge < -0.3 is 14.6 Å². The molecule has 2 aromatic carbocycles. The molecule has 0 aliphatic heterocycles. The highest BCUT2D eigenvalue weighted by Crippen LogP contribution is 2.29. The molecule has 0 radical (unpaired) electrons. The highest BCUT2D eigenvalue weighted by molar-refractivity contribution is 6.30. The summed E-state index contributed by atoms with van der Waals surface area (Å²) in [7, 11) is 0. The summed E-state index contributed by atoms with van der Waals surface area (Å²) in [5.41, 5.74) is 1.55. The number of benzene rings is 2. The standard InChI is InChI=1S/C22H28ClNO4/c1-22(2,3)28-21(26)24-19-12-11-17(23)14-18(19)20(25)10-7-13-27-15-16-8-5-4-6-9-16/h4-6,8-9,11-12,14,20,25H,7,10,13,15H2,1-3H3,(H,24,26). The lowest BCUT2D eigenvalue weighted by Gasteiger charge is -2.21. The SMILES string of the molecule is CC(C)(C)OC(=O)Nc1ccc(Cl)cc1C(O)CCCOCc1ccccc1.